The van der Waals surface area contributed by atoms with Crippen molar-refractivity contribution in [2.45, 2.75) is 33.4 Å². The minimum absolute atomic E-state index is 0.155. The number of hydrogen-bond donors (Lipinski definition) is 2. The van der Waals surface area contributed by atoms with Crippen molar-refractivity contribution in [3.05, 3.63) is 52.8 Å². The van der Waals surface area contributed by atoms with Gasteiger partial charge in [0.2, 0.25) is 0 Å². The molecule has 1 atom stereocenters. The Morgan fingerprint density at radius 2 is 2.05 bits per heavy atom. The van der Waals surface area contributed by atoms with E-state index in [1.54, 1.807) is 0 Å². The zero-order valence-electron chi connectivity index (χ0n) is 12.8. The summed E-state index contributed by atoms with van der Waals surface area (Å²) in [7, 11) is 0. The number of carbonyl (C=O) groups is 2. The van der Waals surface area contributed by atoms with Crippen LogP contribution in [0.15, 0.2) is 30.5 Å². The molecule has 0 fully saturated rings. The number of carboxylic acid groups (broad SMARTS) is 1. The highest BCUT2D eigenvalue weighted by Crippen LogP contribution is 2.18. The van der Waals surface area contributed by atoms with Crippen LogP contribution < -0.4 is 5.32 Å². The van der Waals surface area contributed by atoms with Gasteiger partial charge in [0.15, 0.2) is 0 Å². The first-order valence-electron chi connectivity index (χ1n) is 7.00. The molecule has 0 aliphatic heterocycles. The smallest absolute Gasteiger partial charge is 0.325 e. The predicted octanol–water partition coefficient (Wildman–Crippen LogP) is 2.08. The summed E-state index contributed by atoms with van der Waals surface area (Å²) >= 11 is 0. The van der Waals surface area contributed by atoms with E-state index >= 15 is 0 Å². The summed E-state index contributed by atoms with van der Waals surface area (Å²) < 4.78 is 1.22. The van der Waals surface area contributed by atoms with E-state index < -0.39 is 5.97 Å². The molecule has 0 aliphatic carbocycles. The van der Waals surface area contributed by atoms with Gasteiger partial charge in [0.1, 0.15) is 12.2 Å². The molecule has 0 saturated carbocycles. The van der Waals surface area contributed by atoms with Gasteiger partial charge in [-0.05, 0) is 38.0 Å². The number of rotatable bonds is 5. The number of aliphatic carboxylic acids is 1. The lowest BCUT2D eigenvalue weighted by Gasteiger charge is -2.16. The number of aryl methyl sites for hydroxylation is 2. The van der Waals surface area contributed by atoms with Crippen molar-refractivity contribution >= 4 is 11.9 Å². The summed E-state index contributed by atoms with van der Waals surface area (Å²) in [5, 5.41) is 15.5. The molecule has 6 nitrogen and oxygen atoms in total. The average Bonchev–Trinajstić information content (AvgIpc) is 2.86. The summed E-state index contributed by atoms with van der Waals surface area (Å²) in [6, 6.07) is 7.43. The average molecular weight is 301 g/mol. The standard InChI is InChI=1S/C16H19N3O3/c1-10-4-5-13(11(2)8-10)12(3)17-16(22)14-6-7-19(18-14)9-15(20)21/h4-8,12H,9H2,1-3H3,(H,17,22)(H,20,21). The first-order valence-corrected chi connectivity index (χ1v) is 7.00. The topological polar surface area (TPSA) is 84.2 Å². The normalized spacial score (nSPS) is 12.0. The Labute approximate surface area is 128 Å². The second-order valence-corrected chi connectivity index (χ2v) is 5.35. The molecule has 1 aromatic carbocycles. The molecule has 0 saturated heterocycles. The highest BCUT2D eigenvalue weighted by Gasteiger charge is 2.15. The van der Waals surface area contributed by atoms with Gasteiger partial charge in [-0.2, -0.15) is 5.10 Å². The van der Waals surface area contributed by atoms with E-state index in [0.717, 1.165) is 11.1 Å². The van der Waals surface area contributed by atoms with Crippen molar-refractivity contribution in [3.63, 3.8) is 0 Å². The van der Waals surface area contributed by atoms with E-state index in [2.05, 4.69) is 16.5 Å². The maximum atomic E-state index is 12.2. The molecular weight excluding hydrogens is 282 g/mol. The minimum Gasteiger partial charge on any atom is -0.480 e. The summed E-state index contributed by atoms with van der Waals surface area (Å²) in [6.45, 7) is 5.67. The van der Waals surface area contributed by atoms with Gasteiger partial charge in [-0.25, -0.2) is 0 Å². The number of aromatic nitrogens is 2. The lowest BCUT2D eigenvalue weighted by molar-refractivity contribution is -0.137. The van der Waals surface area contributed by atoms with Crippen LogP contribution in [0, 0.1) is 13.8 Å². The van der Waals surface area contributed by atoms with Gasteiger partial charge in [-0.1, -0.05) is 23.8 Å². The molecule has 6 heteroatoms. The Hall–Kier alpha value is -2.63. The number of amides is 1. The number of hydrogen-bond acceptors (Lipinski definition) is 3. The third-order valence-corrected chi connectivity index (χ3v) is 3.41. The quantitative estimate of drug-likeness (QED) is 0.885. The van der Waals surface area contributed by atoms with Crippen molar-refractivity contribution < 1.29 is 14.7 Å². The number of carbonyl (C=O) groups excluding carboxylic acids is 1. The molecular formula is C16H19N3O3. The van der Waals surface area contributed by atoms with Crippen LogP contribution in [-0.4, -0.2) is 26.8 Å². The first kappa shape index (κ1) is 15.8. The zero-order chi connectivity index (χ0) is 16.3. The zero-order valence-corrected chi connectivity index (χ0v) is 12.8. The van der Waals surface area contributed by atoms with Gasteiger partial charge in [-0.15, -0.1) is 0 Å². The minimum atomic E-state index is -1.00. The van der Waals surface area contributed by atoms with Crippen molar-refractivity contribution in [1.82, 2.24) is 15.1 Å². The summed E-state index contributed by atoms with van der Waals surface area (Å²) in [4.78, 5) is 22.8. The van der Waals surface area contributed by atoms with Crippen LogP contribution in [0.4, 0.5) is 0 Å². The lowest BCUT2D eigenvalue weighted by atomic mass is 10.0. The van der Waals surface area contributed by atoms with Gasteiger partial charge >= 0.3 is 5.97 Å². The van der Waals surface area contributed by atoms with Crippen LogP contribution in [0.1, 0.15) is 40.1 Å². The molecule has 2 N–H and O–H groups in total. The van der Waals surface area contributed by atoms with Gasteiger partial charge in [0.05, 0.1) is 6.04 Å². The van der Waals surface area contributed by atoms with Crippen molar-refractivity contribution in [2.24, 2.45) is 0 Å². The van der Waals surface area contributed by atoms with E-state index in [0.29, 0.717) is 0 Å². The summed E-state index contributed by atoms with van der Waals surface area (Å²) in [5.41, 5.74) is 3.54. The van der Waals surface area contributed by atoms with E-state index in [9.17, 15) is 9.59 Å². The van der Waals surface area contributed by atoms with E-state index in [1.807, 2.05) is 32.9 Å². The largest absolute Gasteiger partial charge is 0.480 e. The Morgan fingerprint density at radius 3 is 2.68 bits per heavy atom. The van der Waals surface area contributed by atoms with Gasteiger partial charge in [0, 0.05) is 6.20 Å². The molecule has 1 amide bonds. The highest BCUT2D eigenvalue weighted by molar-refractivity contribution is 5.92. The van der Waals surface area contributed by atoms with Gasteiger partial charge in [-0.3, -0.25) is 14.3 Å². The van der Waals surface area contributed by atoms with Gasteiger partial charge < -0.3 is 10.4 Å². The fourth-order valence-electron chi connectivity index (χ4n) is 2.37. The molecule has 0 spiro atoms. The molecule has 1 aromatic heterocycles. The molecule has 2 rings (SSSR count). The van der Waals surface area contributed by atoms with E-state index in [4.69, 9.17) is 5.11 Å². The highest BCUT2D eigenvalue weighted by atomic mass is 16.4. The fourth-order valence-corrected chi connectivity index (χ4v) is 2.37. The molecule has 22 heavy (non-hydrogen) atoms. The number of carboxylic acids is 1. The SMILES string of the molecule is Cc1ccc(C(C)NC(=O)c2ccn(CC(=O)O)n2)c(C)c1. The molecule has 0 radical (unpaired) electrons. The van der Waals surface area contributed by atoms with E-state index in [1.165, 1.54) is 22.5 Å². The monoisotopic (exact) mass is 301 g/mol. The maximum Gasteiger partial charge on any atom is 0.325 e. The third-order valence-electron chi connectivity index (χ3n) is 3.41. The third kappa shape index (κ3) is 3.72. The molecule has 1 heterocycles. The van der Waals surface area contributed by atoms with Crippen LogP contribution in [0.3, 0.4) is 0 Å². The van der Waals surface area contributed by atoms with Crippen LogP contribution in [0.25, 0.3) is 0 Å². The molecule has 1 unspecified atom stereocenters. The molecule has 0 aliphatic rings. The lowest BCUT2D eigenvalue weighted by Crippen LogP contribution is -2.27. The summed E-state index contributed by atoms with van der Waals surface area (Å²) in [5.74, 6) is -1.32. The van der Waals surface area contributed by atoms with Crippen LogP contribution >= 0.6 is 0 Å². The molecule has 2 aromatic rings. The predicted molar refractivity (Wildman–Crippen MR) is 81.7 cm³/mol. The Balaban J connectivity index is 2.07. The van der Waals surface area contributed by atoms with Crippen LogP contribution in [0.2, 0.25) is 0 Å². The van der Waals surface area contributed by atoms with E-state index in [-0.39, 0.29) is 24.2 Å². The van der Waals surface area contributed by atoms with Crippen molar-refractivity contribution in [3.8, 4) is 0 Å². The number of nitrogens with one attached hydrogen (secondary N) is 1. The second-order valence-electron chi connectivity index (χ2n) is 5.35. The maximum absolute atomic E-state index is 12.2. The molecule has 116 valence electrons. The summed E-state index contributed by atoms with van der Waals surface area (Å²) in [6.07, 6.45) is 1.48. The number of benzene rings is 1. The van der Waals surface area contributed by atoms with Crippen molar-refractivity contribution in [1.29, 1.82) is 0 Å². The Bertz CT molecular complexity index is 706. The van der Waals surface area contributed by atoms with Crippen LogP contribution in [0.5, 0.6) is 0 Å². The Kier molecular flexibility index (Phi) is 4.60. The van der Waals surface area contributed by atoms with Gasteiger partial charge in [0.25, 0.3) is 5.91 Å². The van der Waals surface area contributed by atoms with Crippen molar-refractivity contribution in [2.75, 3.05) is 0 Å². The fraction of sp³-hybridized carbons (Fsp3) is 0.312. The number of nitrogens with zero attached hydrogens (tertiary/aromatic N) is 2. The molecule has 0 bridgehead atoms. The Morgan fingerprint density at radius 1 is 1.32 bits per heavy atom. The van der Waals surface area contributed by atoms with Crippen LogP contribution in [-0.2, 0) is 11.3 Å². The first-order chi connectivity index (χ1) is 10.4. The second kappa shape index (κ2) is 6.43.